The van der Waals surface area contributed by atoms with Gasteiger partial charge in [-0.1, -0.05) is 0 Å². The van der Waals surface area contributed by atoms with Crippen LogP contribution in [0, 0.1) is 0 Å². The van der Waals surface area contributed by atoms with E-state index in [1.807, 2.05) is 0 Å². The van der Waals surface area contributed by atoms with E-state index in [2.05, 4.69) is 0 Å². The predicted octanol–water partition coefficient (Wildman–Crippen LogP) is -3.33. The van der Waals surface area contributed by atoms with Crippen LogP contribution >= 0.6 is 0 Å². The Kier molecular flexibility index (Phi) is 9.56. The maximum absolute atomic E-state index is 8.77. The van der Waals surface area contributed by atoms with Gasteiger partial charge < -0.3 is 25.5 Å². The minimum atomic E-state index is -1.49. The molecule has 66 valence electrons. The Bertz CT molecular complexity index is 80.9. The Morgan fingerprint density at radius 3 is 1.27 bits per heavy atom. The first-order chi connectivity index (χ1) is 4.63. The van der Waals surface area contributed by atoms with Gasteiger partial charge in [0.2, 0.25) is 0 Å². The molecule has 0 unspecified atom stereocenters. The Hall–Kier alpha value is 0.722. The van der Waals surface area contributed by atoms with Crippen LogP contribution in [-0.4, -0.2) is 84.4 Å². The first-order valence-electron chi connectivity index (χ1n) is 2.89. The van der Waals surface area contributed by atoms with Crippen LogP contribution in [0.25, 0.3) is 0 Å². The number of hydrogen-bond acceptors (Lipinski definition) is 5. The second kappa shape index (κ2) is 7.38. The first kappa shape index (κ1) is 14.3. The monoisotopic (exact) mass is 360 g/mol. The summed E-state index contributed by atoms with van der Waals surface area (Å²) in [6.45, 7) is -1.28. The van der Waals surface area contributed by atoms with E-state index in [0.717, 1.165) is 0 Å². The van der Waals surface area contributed by atoms with Crippen molar-refractivity contribution in [3.8, 4) is 0 Å². The average molecular weight is 359 g/mol. The first-order valence-corrected chi connectivity index (χ1v) is 2.89. The molecule has 5 N–H and O–H groups in total. The topological polar surface area (TPSA) is 101 Å². The van der Waals surface area contributed by atoms with Gasteiger partial charge in [-0.05, 0) is 0 Å². The molecule has 0 aromatic heterocycles. The zero-order valence-electron chi connectivity index (χ0n) is 5.88. The SMILES string of the molecule is OC[C@@H](O)[C@H](O)[C@@H](O)CO.[Pb]. The van der Waals surface area contributed by atoms with Crippen molar-refractivity contribution in [3.05, 3.63) is 0 Å². The van der Waals surface area contributed by atoms with Crippen LogP contribution < -0.4 is 0 Å². The van der Waals surface area contributed by atoms with Gasteiger partial charge in [0.05, 0.1) is 13.2 Å². The van der Waals surface area contributed by atoms with Crippen molar-refractivity contribution in [2.24, 2.45) is 0 Å². The van der Waals surface area contributed by atoms with Crippen LogP contribution in [0.5, 0.6) is 0 Å². The summed E-state index contributed by atoms with van der Waals surface area (Å²) in [5.74, 6) is 0. The predicted molar refractivity (Wildman–Crippen MR) is 37.9 cm³/mol. The third-order valence-corrected chi connectivity index (χ3v) is 1.16. The standard InChI is InChI=1S/C5H12O5.Pb/c6-1-3(8)5(10)4(9)2-7;/h3-10H,1-2H2;/t3-,4+,5+;. The van der Waals surface area contributed by atoms with Crippen molar-refractivity contribution >= 4 is 27.3 Å². The molecule has 5 nitrogen and oxygen atoms in total. The van der Waals surface area contributed by atoms with Crippen LogP contribution in [0.4, 0.5) is 0 Å². The van der Waals surface area contributed by atoms with Crippen molar-refractivity contribution < 1.29 is 25.5 Å². The van der Waals surface area contributed by atoms with Crippen molar-refractivity contribution in [2.45, 2.75) is 18.3 Å². The summed E-state index contributed by atoms with van der Waals surface area (Å²) in [6, 6.07) is 0. The van der Waals surface area contributed by atoms with Crippen molar-refractivity contribution in [3.63, 3.8) is 0 Å². The molecule has 0 saturated heterocycles. The smallest absolute Gasteiger partial charge is 0.110 e. The molecule has 0 rings (SSSR count). The van der Waals surface area contributed by atoms with Gasteiger partial charge in [0.15, 0.2) is 0 Å². The minimum Gasteiger partial charge on any atom is -0.394 e. The molecule has 0 aromatic carbocycles. The normalized spacial score (nSPS) is 18.3. The molecule has 0 aliphatic heterocycles. The van der Waals surface area contributed by atoms with Crippen molar-refractivity contribution in [2.75, 3.05) is 13.2 Å². The molecule has 0 spiro atoms. The summed E-state index contributed by atoms with van der Waals surface area (Å²) in [7, 11) is 0. The maximum Gasteiger partial charge on any atom is 0.110 e. The minimum absolute atomic E-state index is 0. The molecule has 11 heavy (non-hydrogen) atoms. The van der Waals surface area contributed by atoms with E-state index >= 15 is 0 Å². The molecule has 0 fully saturated rings. The van der Waals surface area contributed by atoms with Crippen LogP contribution in [0.2, 0.25) is 0 Å². The van der Waals surface area contributed by atoms with E-state index in [1.165, 1.54) is 0 Å². The third kappa shape index (κ3) is 5.04. The summed E-state index contributed by atoms with van der Waals surface area (Å²) < 4.78 is 0. The van der Waals surface area contributed by atoms with E-state index in [-0.39, 0.29) is 27.3 Å². The molecule has 4 radical (unpaired) electrons. The molecule has 0 saturated carbocycles. The fourth-order valence-corrected chi connectivity index (χ4v) is 0.472. The Morgan fingerprint density at radius 2 is 1.09 bits per heavy atom. The van der Waals surface area contributed by atoms with Gasteiger partial charge in [-0.2, -0.15) is 0 Å². The molecule has 0 aliphatic rings. The summed E-state index contributed by atoms with van der Waals surface area (Å²) in [5, 5.41) is 42.6. The van der Waals surface area contributed by atoms with Gasteiger partial charge >= 0.3 is 0 Å². The van der Waals surface area contributed by atoms with Gasteiger partial charge in [-0.3, -0.25) is 0 Å². The molecule has 0 amide bonds. The second-order valence-electron chi connectivity index (χ2n) is 1.99. The van der Waals surface area contributed by atoms with Gasteiger partial charge in [0, 0.05) is 27.3 Å². The second-order valence-corrected chi connectivity index (χ2v) is 1.99. The Balaban J connectivity index is 0. The third-order valence-electron chi connectivity index (χ3n) is 1.16. The molecule has 0 aliphatic carbocycles. The largest absolute Gasteiger partial charge is 0.394 e. The van der Waals surface area contributed by atoms with Gasteiger partial charge in [-0.25, -0.2) is 0 Å². The maximum atomic E-state index is 8.77. The summed E-state index contributed by atoms with van der Waals surface area (Å²) >= 11 is 0. The van der Waals surface area contributed by atoms with Gasteiger partial charge in [-0.15, -0.1) is 0 Å². The Labute approximate surface area is 84.5 Å². The summed E-state index contributed by atoms with van der Waals surface area (Å²) in [5.41, 5.74) is 0. The van der Waals surface area contributed by atoms with Crippen LogP contribution in [0.15, 0.2) is 0 Å². The number of aliphatic hydroxyl groups excluding tert-OH is 5. The fraction of sp³-hybridized carbons (Fsp3) is 1.00. The number of aliphatic hydroxyl groups is 5. The average Bonchev–Trinajstić information content (AvgIpc) is 2.00. The van der Waals surface area contributed by atoms with E-state index in [4.69, 9.17) is 25.5 Å². The molecule has 0 heterocycles. The Morgan fingerprint density at radius 1 is 0.818 bits per heavy atom. The zero-order valence-corrected chi connectivity index (χ0v) is 9.77. The van der Waals surface area contributed by atoms with Crippen LogP contribution in [0.3, 0.4) is 0 Å². The van der Waals surface area contributed by atoms with Gasteiger partial charge in [0.25, 0.3) is 0 Å². The molecule has 6 heteroatoms. The summed E-state index contributed by atoms with van der Waals surface area (Å²) in [4.78, 5) is 0. The molecular weight excluding hydrogens is 347 g/mol. The van der Waals surface area contributed by atoms with E-state index in [1.54, 1.807) is 0 Å². The molecule has 0 aromatic rings. The van der Waals surface area contributed by atoms with Crippen LogP contribution in [-0.2, 0) is 0 Å². The van der Waals surface area contributed by atoms with E-state index < -0.39 is 31.5 Å². The van der Waals surface area contributed by atoms with E-state index in [0.29, 0.717) is 0 Å². The fourth-order valence-electron chi connectivity index (χ4n) is 0.472. The molecular formula is C5H12O5Pb. The van der Waals surface area contributed by atoms with Gasteiger partial charge in [0.1, 0.15) is 18.3 Å². The van der Waals surface area contributed by atoms with Crippen molar-refractivity contribution in [1.82, 2.24) is 0 Å². The number of hydrogen-bond donors (Lipinski definition) is 5. The van der Waals surface area contributed by atoms with E-state index in [9.17, 15) is 0 Å². The zero-order chi connectivity index (χ0) is 8.15. The molecule has 3 atom stereocenters. The van der Waals surface area contributed by atoms with Crippen LogP contribution in [0.1, 0.15) is 0 Å². The number of rotatable bonds is 4. The van der Waals surface area contributed by atoms with Crippen molar-refractivity contribution in [1.29, 1.82) is 0 Å². The molecule has 0 bridgehead atoms. The quantitative estimate of drug-likeness (QED) is 0.338. The summed E-state index contributed by atoms with van der Waals surface area (Å²) in [6.07, 6.45) is -4.29.